The van der Waals surface area contributed by atoms with Crippen LogP contribution in [0.2, 0.25) is 5.02 Å². The number of carbonyl (C=O) groups excluding carboxylic acids is 1. The van der Waals surface area contributed by atoms with Crippen molar-refractivity contribution in [1.82, 2.24) is 15.1 Å². The quantitative estimate of drug-likeness (QED) is 0.838. The van der Waals surface area contributed by atoms with Gasteiger partial charge in [-0.3, -0.25) is 4.90 Å². The van der Waals surface area contributed by atoms with Crippen molar-refractivity contribution in [3.8, 4) is 0 Å². The van der Waals surface area contributed by atoms with Gasteiger partial charge in [-0.2, -0.15) is 0 Å². The minimum Gasteiger partial charge on any atom is -0.334 e. The van der Waals surface area contributed by atoms with Gasteiger partial charge in [0.25, 0.3) is 0 Å². The first-order valence-corrected chi connectivity index (χ1v) is 9.62. The second-order valence-corrected chi connectivity index (χ2v) is 7.08. The van der Waals surface area contributed by atoms with Crippen LogP contribution in [0.4, 0.5) is 4.79 Å². The molecule has 1 heterocycles. The molecule has 2 aromatic carbocycles. The molecule has 1 fully saturated rings. The zero-order valence-corrected chi connectivity index (χ0v) is 15.8. The summed E-state index contributed by atoms with van der Waals surface area (Å²) in [5.41, 5.74) is 2.34. The molecule has 0 spiro atoms. The van der Waals surface area contributed by atoms with Crippen molar-refractivity contribution in [2.24, 2.45) is 0 Å². The van der Waals surface area contributed by atoms with Crippen LogP contribution in [-0.4, -0.2) is 48.6 Å². The molecular weight excluding hydrogens is 346 g/mol. The van der Waals surface area contributed by atoms with Gasteiger partial charge in [-0.1, -0.05) is 60.1 Å². The summed E-state index contributed by atoms with van der Waals surface area (Å²) in [4.78, 5) is 16.7. The molecule has 1 saturated heterocycles. The lowest BCUT2D eigenvalue weighted by Gasteiger charge is -2.34. The molecule has 0 bridgehead atoms. The highest BCUT2D eigenvalue weighted by atomic mass is 35.5. The molecule has 4 nitrogen and oxygen atoms in total. The third kappa shape index (κ3) is 5.48. The first-order valence-electron chi connectivity index (χ1n) is 9.25. The van der Waals surface area contributed by atoms with Gasteiger partial charge in [-0.15, -0.1) is 0 Å². The number of piperazine rings is 1. The Hall–Kier alpha value is -2.04. The van der Waals surface area contributed by atoms with E-state index in [1.54, 1.807) is 0 Å². The number of hydrogen-bond donors (Lipinski definition) is 1. The van der Waals surface area contributed by atoms with Crippen molar-refractivity contribution in [1.29, 1.82) is 0 Å². The number of hydrogen-bond acceptors (Lipinski definition) is 2. The Morgan fingerprint density at radius 1 is 0.962 bits per heavy atom. The molecule has 1 aliphatic rings. The van der Waals surface area contributed by atoms with Crippen LogP contribution >= 0.6 is 11.6 Å². The van der Waals surface area contributed by atoms with Crippen molar-refractivity contribution in [2.45, 2.75) is 19.4 Å². The summed E-state index contributed by atoms with van der Waals surface area (Å²) >= 11 is 6.13. The number of amides is 2. The van der Waals surface area contributed by atoms with E-state index in [1.807, 2.05) is 29.2 Å². The van der Waals surface area contributed by atoms with E-state index < -0.39 is 0 Å². The molecule has 2 aromatic rings. The lowest BCUT2D eigenvalue weighted by atomic mass is 10.1. The fraction of sp³-hybridized carbons (Fsp3) is 0.381. The van der Waals surface area contributed by atoms with Crippen LogP contribution in [0.3, 0.4) is 0 Å². The Labute approximate surface area is 160 Å². The van der Waals surface area contributed by atoms with Crippen LogP contribution in [0.5, 0.6) is 0 Å². The molecule has 138 valence electrons. The zero-order valence-electron chi connectivity index (χ0n) is 15.0. The zero-order chi connectivity index (χ0) is 18.2. The molecule has 26 heavy (non-hydrogen) atoms. The number of halogens is 1. The molecule has 0 aliphatic carbocycles. The van der Waals surface area contributed by atoms with Crippen LogP contribution < -0.4 is 5.32 Å². The van der Waals surface area contributed by atoms with Gasteiger partial charge in [0.05, 0.1) is 0 Å². The van der Waals surface area contributed by atoms with E-state index in [2.05, 4.69) is 40.5 Å². The van der Waals surface area contributed by atoms with Gasteiger partial charge in [0.2, 0.25) is 0 Å². The topological polar surface area (TPSA) is 35.6 Å². The number of nitrogens with one attached hydrogen (secondary N) is 1. The van der Waals surface area contributed by atoms with Crippen LogP contribution in [0.1, 0.15) is 17.5 Å². The van der Waals surface area contributed by atoms with Crippen molar-refractivity contribution in [3.05, 3.63) is 70.7 Å². The Balaban J connectivity index is 1.35. The van der Waals surface area contributed by atoms with E-state index in [0.29, 0.717) is 11.6 Å². The predicted molar refractivity (Wildman–Crippen MR) is 106 cm³/mol. The Morgan fingerprint density at radius 3 is 2.38 bits per heavy atom. The largest absolute Gasteiger partial charge is 0.334 e. The maximum Gasteiger partial charge on any atom is 0.317 e. The fourth-order valence-electron chi connectivity index (χ4n) is 3.25. The molecule has 0 radical (unpaired) electrons. The average Bonchev–Trinajstić information content (AvgIpc) is 2.68. The van der Waals surface area contributed by atoms with E-state index >= 15 is 0 Å². The third-order valence-corrected chi connectivity index (χ3v) is 5.20. The van der Waals surface area contributed by atoms with Crippen LogP contribution in [0.15, 0.2) is 54.6 Å². The molecule has 3 rings (SSSR count). The summed E-state index contributed by atoms with van der Waals surface area (Å²) in [7, 11) is 0. The van der Waals surface area contributed by atoms with Gasteiger partial charge in [0.1, 0.15) is 0 Å². The summed E-state index contributed by atoms with van der Waals surface area (Å²) in [5.74, 6) is 0. The molecule has 0 saturated carbocycles. The lowest BCUT2D eigenvalue weighted by molar-refractivity contribution is 0.138. The minimum atomic E-state index is -0.00569. The molecule has 2 amide bonds. The van der Waals surface area contributed by atoms with E-state index in [0.717, 1.165) is 51.1 Å². The monoisotopic (exact) mass is 371 g/mol. The van der Waals surface area contributed by atoms with Gasteiger partial charge < -0.3 is 10.2 Å². The van der Waals surface area contributed by atoms with E-state index in [9.17, 15) is 4.79 Å². The minimum absolute atomic E-state index is 0.00569. The Morgan fingerprint density at radius 2 is 1.65 bits per heavy atom. The second-order valence-electron chi connectivity index (χ2n) is 6.67. The molecule has 0 unspecified atom stereocenters. The van der Waals surface area contributed by atoms with Crippen molar-refractivity contribution >= 4 is 17.6 Å². The number of carbonyl (C=O) groups is 1. The number of nitrogens with zero attached hydrogens (tertiary/aromatic N) is 2. The van der Waals surface area contributed by atoms with E-state index in [4.69, 9.17) is 11.6 Å². The highest BCUT2D eigenvalue weighted by molar-refractivity contribution is 6.31. The van der Waals surface area contributed by atoms with Crippen LogP contribution in [0.25, 0.3) is 0 Å². The molecule has 0 atom stereocenters. The second kappa shape index (κ2) is 9.60. The normalized spacial score (nSPS) is 15.0. The Kier molecular flexibility index (Phi) is 6.92. The SMILES string of the molecule is O=C(NCc1ccccc1Cl)N1CCN(CCCc2ccccc2)CC1. The third-order valence-electron chi connectivity index (χ3n) is 4.83. The van der Waals surface area contributed by atoms with Crippen LogP contribution in [0, 0.1) is 0 Å². The maximum atomic E-state index is 12.3. The molecule has 0 aromatic heterocycles. The van der Waals surface area contributed by atoms with Crippen molar-refractivity contribution < 1.29 is 4.79 Å². The predicted octanol–water partition coefficient (Wildman–Crippen LogP) is 3.80. The van der Waals surface area contributed by atoms with Gasteiger partial charge in [0.15, 0.2) is 0 Å². The Bertz CT molecular complexity index is 699. The molecule has 1 N–H and O–H groups in total. The van der Waals surface area contributed by atoms with E-state index in [1.165, 1.54) is 5.56 Å². The highest BCUT2D eigenvalue weighted by Crippen LogP contribution is 2.14. The molecule has 1 aliphatic heterocycles. The van der Waals surface area contributed by atoms with Gasteiger partial charge in [-0.25, -0.2) is 4.79 Å². The summed E-state index contributed by atoms with van der Waals surface area (Å²) in [6.07, 6.45) is 2.27. The fourth-order valence-corrected chi connectivity index (χ4v) is 3.45. The summed E-state index contributed by atoms with van der Waals surface area (Å²) < 4.78 is 0. The van der Waals surface area contributed by atoms with Crippen molar-refractivity contribution in [3.63, 3.8) is 0 Å². The molecule has 5 heteroatoms. The standard InChI is InChI=1S/C21H26ClN3O/c22-20-11-5-4-10-19(20)17-23-21(26)25-15-13-24(14-16-25)12-6-9-18-7-2-1-3-8-18/h1-5,7-8,10-11H,6,9,12-17H2,(H,23,26). The average molecular weight is 372 g/mol. The summed E-state index contributed by atoms with van der Waals surface area (Å²) in [6, 6.07) is 18.2. The maximum absolute atomic E-state index is 12.3. The number of rotatable bonds is 6. The van der Waals surface area contributed by atoms with Crippen molar-refractivity contribution in [2.75, 3.05) is 32.7 Å². The van der Waals surface area contributed by atoms with E-state index in [-0.39, 0.29) is 6.03 Å². The summed E-state index contributed by atoms with van der Waals surface area (Å²) in [6.45, 7) is 4.99. The molecular formula is C21H26ClN3O. The lowest BCUT2D eigenvalue weighted by Crippen LogP contribution is -2.51. The number of benzene rings is 2. The first kappa shape index (κ1) is 18.7. The van der Waals surface area contributed by atoms with Crippen LogP contribution in [-0.2, 0) is 13.0 Å². The number of aryl methyl sites for hydroxylation is 1. The van der Waals surface area contributed by atoms with Gasteiger partial charge in [-0.05, 0) is 36.6 Å². The summed E-state index contributed by atoms with van der Waals surface area (Å²) in [5, 5.41) is 3.66. The highest BCUT2D eigenvalue weighted by Gasteiger charge is 2.20. The smallest absolute Gasteiger partial charge is 0.317 e. The van der Waals surface area contributed by atoms with Gasteiger partial charge in [0, 0.05) is 37.7 Å². The first-order chi connectivity index (χ1) is 12.7. The van der Waals surface area contributed by atoms with Gasteiger partial charge >= 0.3 is 6.03 Å². The number of urea groups is 1.